The lowest BCUT2D eigenvalue weighted by Gasteiger charge is -2.10. The number of methoxy groups -OCH3 is 1. The molecule has 0 fully saturated rings. The Morgan fingerprint density at radius 1 is 1.19 bits per heavy atom. The SMILES string of the molecule is COc1cccc(Nc2c(-c3ccc(C(=O)O)cc3)nc3cnccn23)c1. The summed E-state index contributed by atoms with van der Waals surface area (Å²) in [5.41, 5.74) is 3.25. The second-order valence-corrected chi connectivity index (χ2v) is 5.85. The van der Waals surface area contributed by atoms with Crippen LogP contribution in [-0.4, -0.2) is 32.6 Å². The number of benzene rings is 2. The number of hydrogen-bond donors (Lipinski definition) is 2. The normalized spacial score (nSPS) is 10.7. The predicted molar refractivity (Wildman–Crippen MR) is 102 cm³/mol. The summed E-state index contributed by atoms with van der Waals surface area (Å²) in [4.78, 5) is 19.9. The predicted octanol–water partition coefficient (Wildman–Crippen LogP) is 3.85. The number of aromatic carboxylic acids is 1. The van der Waals surface area contributed by atoms with E-state index in [4.69, 9.17) is 9.84 Å². The van der Waals surface area contributed by atoms with E-state index in [1.165, 1.54) is 0 Å². The minimum atomic E-state index is -0.963. The summed E-state index contributed by atoms with van der Waals surface area (Å²) < 4.78 is 7.18. The molecule has 0 radical (unpaired) electrons. The molecule has 4 aromatic rings. The van der Waals surface area contributed by atoms with Crippen LogP contribution in [0.3, 0.4) is 0 Å². The number of fused-ring (bicyclic) bond motifs is 1. The fourth-order valence-corrected chi connectivity index (χ4v) is 2.84. The van der Waals surface area contributed by atoms with Gasteiger partial charge in [0.25, 0.3) is 0 Å². The van der Waals surface area contributed by atoms with Crippen LogP contribution in [0, 0.1) is 0 Å². The lowest BCUT2D eigenvalue weighted by Crippen LogP contribution is -1.98. The van der Waals surface area contributed by atoms with Gasteiger partial charge in [0.1, 0.15) is 17.3 Å². The average molecular weight is 360 g/mol. The van der Waals surface area contributed by atoms with Gasteiger partial charge in [-0.3, -0.25) is 9.38 Å². The van der Waals surface area contributed by atoms with Crippen LogP contribution in [0.2, 0.25) is 0 Å². The zero-order valence-corrected chi connectivity index (χ0v) is 14.5. The third-order valence-corrected chi connectivity index (χ3v) is 4.17. The van der Waals surface area contributed by atoms with Crippen LogP contribution in [-0.2, 0) is 0 Å². The van der Waals surface area contributed by atoms with Crippen LogP contribution >= 0.6 is 0 Å². The summed E-state index contributed by atoms with van der Waals surface area (Å²) in [5, 5.41) is 12.5. The van der Waals surface area contributed by atoms with Crippen molar-refractivity contribution in [2.45, 2.75) is 0 Å². The maximum absolute atomic E-state index is 11.1. The first kappa shape index (κ1) is 16.6. The Bertz CT molecular complexity index is 1120. The highest BCUT2D eigenvalue weighted by Crippen LogP contribution is 2.31. The molecule has 0 bridgehead atoms. The molecule has 0 saturated heterocycles. The van der Waals surface area contributed by atoms with E-state index < -0.39 is 5.97 Å². The molecule has 134 valence electrons. The van der Waals surface area contributed by atoms with Crippen molar-refractivity contribution in [3.8, 4) is 17.0 Å². The molecule has 4 rings (SSSR count). The molecule has 0 atom stereocenters. The van der Waals surface area contributed by atoms with Gasteiger partial charge < -0.3 is 15.2 Å². The number of anilines is 2. The van der Waals surface area contributed by atoms with Gasteiger partial charge in [0.05, 0.1) is 18.9 Å². The first-order valence-electron chi connectivity index (χ1n) is 8.22. The van der Waals surface area contributed by atoms with Crippen molar-refractivity contribution >= 4 is 23.1 Å². The Hall–Kier alpha value is -3.87. The van der Waals surface area contributed by atoms with Crippen molar-refractivity contribution in [3.05, 3.63) is 72.7 Å². The minimum absolute atomic E-state index is 0.228. The van der Waals surface area contributed by atoms with Gasteiger partial charge in [-0.2, -0.15) is 0 Å². The Balaban J connectivity index is 1.82. The van der Waals surface area contributed by atoms with Crippen molar-refractivity contribution in [2.75, 3.05) is 12.4 Å². The molecule has 2 aromatic heterocycles. The summed E-state index contributed by atoms with van der Waals surface area (Å²) in [6.45, 7) is 0. The molecule has 0 saturated carbocycles. The van der Waals surface area contributed by atoms with E-state index in [1.807, 2.05) is 34.9 Å². The van der Waals surface area contributed by atoms with Gasteiger partial charge in [-0.25, -0.2) is 9.78 Å². The maximum Gasteiger partial charge on any atom is 0.335 e. The molecule has 0 unspecified atom stereocenters. The number of carboxylic acids is 1. The number of ether oxygens (including phenoxy) is 1. The Labute approximate surface area is 154 Å². The number of carbonyl (C=O) groups is 1. The molecular formula is C20H16N4O3. The van der Waals surface area contributed by atoms with Crippen LogP contribution < -0.4 is 10.1 Å². The number of hydrogen-bond acceptors (Lipinski definition) is 5. The van der Waals surface area contributed by atoms with Crippen molar-refractivity contribution in [1.29, 1.82) is 0 Å². The molecule has 0 aliphatic rings. The second-order valence-electron chi connectivity index (χ2n) is 5.85. The maximum atomic E-state index is 11.1. The fraction of sp³-hybridized carbons (Fsp3) is 0.0500. The summed E-state index contributed by atoms with van der Waals surface area (Å²) in [5.74, 6) is 0.530. The number of nitrogens with zero attached hydrogens (tertiary/aromatic N) is 3. The van der Waals surface area contributed by atoms with Crippen molar-refractivity contribution in [2.24, 2.45) is 0 Å². The third-order valence-electron chi connectivity index (χ3n) is 4.17. The number of imidazole rings is 1. The summed E-state index contributed by atoms with van der Waals surface area (Å²) >= 11 is 0. The van der Waals surface area contributed by atoms with Crippen LogP contribution in [0.5, 0.6) is 5.75 Å². The first-order chi connectivity index (χ1) is 13.2. The zero-order chi connectivity index (χ0) is 18.8. The molecule has 7 nitrogen and oxygen atoms in total. The van der Waals surface area contributed by atoms with Gasteiger partial charge in [0.15, 0.2) is 5.65 Å². The van der Waals surface area contributed by atoms with Crippen LogP contribution in [0.4, 0.5) is 11.5 Å². The second kappa shape index (κ2) is 6.80. The lowest BCUT2D eigenvalue weighted by atomic mass is 10.1. The Morgan fingerprint density at radius 2 is 2.00 bits per heavy atom. The van der Waals surface area contributed by atoms with Gasteiger partial charge in [0.2, 0.25) is 0 Å². The van der Waals surface area contributed by atoms with E-state index in [1.54, 1.807) is 43.8 Å². The Morgan fingerprint density at radius 3 is 2.74 bits per heavy atom. The molecule has 2 aromatic carbocycles. The largest absolute Gasteiger partial charge is 0.497 e. The van der Waals surface area contributed by atoms with Gasteiger partial charge in [-0.1, -0.05) is 18.2 Å². The summed E-state index contributed by atoms with van der Waals surface area (Å²) in [7, 11) is 1.62. The molecule has 0 aliphatic carbocycles. The van der Waals surface area contributed by atoms with Gasteiger partial charge in [-0.15, -0.1) is 0 Å². The van der Waals surface area contributed by atoms with E-state index in [9.17, 15) is 4.79 Å². The quantitative estimate of drug-likeness (QED) is 0.562. The highest BCUT2D eigenvalue weighted by molar-refractivity contribution is 5.89. The number of rotatable bonds is 5. The zero-order valence-electron chi connectivity index (χ0n) is 14.5. The Kier molecular flexibility index (Phi) is 4.18. The molecule has 27 heavy (non-hydrogen) atoms. The van der Waals surface area contributed by atoms with Gasteiger partial charge in [-0.05, 0) is 24.3 Å². The fourth-order valence-electron chi connectivity index (χ4n) is 2.84. The minimum Gasteiger partial charge on any atom is -0.497 e. The van der Waals surface area contributed by atoms with Crippen molar-refractivity contribution in [1.82, 2.24) is 14.4 Å². The first-order valence-corrected chi connectivity index (χ1v) is 8.22. The molecule has 0 spiro atoms. The van der Waals surface area contributed by atoms with Crippen molar-refractivity contribution in [3.63, 3.8) is 0 Å². The van der Waals surface area contributed by atoms with Gasteiger partial charge in [0, 0.05) is 29.7 Å². The van der Waals surface area contributed by atoms with E-state index in [-0.39, 0.29) is 5.56 Å². The standard InChI is InChI=1S/C20H16N4O3/c1-27-16-4-2-3-15(11-16)22-19-18(23-17-12-21-9-10-24(17)19)13-5-7-14(8-6-13)20(25)26/h2-12,22H,1H3,(H,25,26). The monoisotopic (exact) mass is 360 g/mol. The van der Waals surface area contributed by atoms with Crippen LogP contribution in [0.1, 0.15) is 10.4 Å². The average Bonchev–Trinajstić information content (AvgIpc) is 3.07. The molecule has 0 amide bonds. The molecular weight excluding hydrogens is 344 g/mol. The smallest absolute Gasteiger partial charge is 0.335 e. The van der Waals surface area contributed by atoms with Crippen molar-refractivity contribution < 1.29 is 14.6 Å². The van der Waals surface area contributed by atoms with Crippen LogP contribution in [0.15, 0.2) is 67.1 Å². The molecule has 2 heterocycles. The van der Waals surface area contributed by atoms with E-state index in [2.05, 4.69) is 15.3 Å². The lowest BCUT2D eigenvalue weighted by molar-refractivity contribution is 0.0697. The summed E-state index contributed by atoms with van der Waals surface area (Å²) in [6, 6.07) is 14.2. The number of aromatic nitrogens is 3. The molecule has 2 N–H and O–H groups in total. The molecule has 7 heteroatoms. The number of nitrogens with one attached hydrogen (secondary N) is 1. The highest BCUT2D eigenvalue weighted by Gasteiger charge is 2.15. The molecule has 0 aliphatic heterocycles. The van der Waals surface area contributed by atoms with Gasteiger partial charge >= 0.3 is 5.97 Å². The topological polar surface area (TPSA) is 88.8 Å². The van der Waals surface area contributed by atoms with E-state index >= 15 is 0 Å². The highest BCUT2D eigenvalue weighted by atomic mass is 16.5. The number of carboxylic acid groups (broad SMARTS) is 1. The van der Waals surface area contributed by atoms with E-state index in [0.717, 1.165) is 22.8 Å². The van der Waals surface area contributed by atoms with E-state index in [0.29, 0.717) is 11.3 Å². The third kappa shape index (κ3) is 3.18. The van der Waals surface area contributed by atoms with Crippen LogP contribution in [0.25, 0.3) is 16.9 Å². The summed E-state index contributed by atoms with van der Waals surface area (Å²) in [6.07, 6.45) is 5.18.